The number of carbonyl (C=O) groups excluding carboxylic acids is 4. The summed E-state index contributed by atoms with van der Waals surface area (Å²) in [5.74, 6) is -2.45. The number of para-hydroxylation sites is 2. The Kier molecular flexibility index (Phi) is 14.2. The Balaban J connectivity index is 1.28. The van der Waals surface area contributed by atoms with Crippen LogP contribution in [0.4, 0.5) is 11.4 Å². The van der Waals surface area contributed by atoms with E-state index in [1.807, 2.05) is 125 Å². The minimum Gasteiger partial charge on any atom is -0.447 e. The molecule has 0 spiro atoms. The van der Waals surface area contributed by atoms with Gasteiger partial charge in [0.2, 0.25) is 11.8 Å². The minimum atomic E-state index is -1.27. The molecular formula is C48H58N4O6. The third-order valence-corrected chi connectivity index (χ3v) is 11.7. The van der Waals surface area contributed by atoms with E-state index in [-0.39, 0.29) is 24.7 Å². The number of esters is 2. The van der Waals surface area contributed by atoms with Crippen LogP contribution in [0.25, 0.3) is 0 Å². The first kappa shape index (κ1) is 42.3. The van der Waals surface area contributed by atoms with Crippen LogP contribution < -0.4 is 9.80 Å². The molecule has 2 fully saturated rings. The average molecular weight is 787 g/mol. The lowest BCUT2D eigenvalue weighted by Gasteiger charge is -2.50. The second kappa shape index (κ2) is 19.4. The predicted molar refractivity (Wildman–Crippen MR) is 227 cm³/mol. The molecule has 2 aliphatic rings. The zero-order valence-electron chi connectivity index (χ0n) is 34.4. The predicted octanol–water partition coefficient (Wildman–Crippen LogP) is 7.11. The molecule has 0 N–H and O–H groups in total. The monoisotopic (exact) mass is 786 g/mol. The van der Waals surface area contributed by atoms with Gasteiger partial charge in [-0.25, -0.2) is 9.59 Å². The van der Waals surface area contributed by atoms with Gasteiger partial charge in [0.15, 0.2) is 0 Å². The second-order valence-electron chi connectivity index (χ2n) is 15.9. The number of amides is 2. The van der Waals surface area contributed by atoms with Gasteiger partial charge in [-0.05, 0) is 74.9 Å². The van der Waals surface area contributed by atoms with Gasteiger partial charge in [0.05, 0.1) is 12.1 Å². The standard InChI is InChI=1S/C48H58N4O6/c1-5-43(53)51(39-23-15-9-16-24-39)41-29-33-49(31-27-37-19-11-7-12-20-37)35-47(41,3)57-45(55)46(56)58-48(4)36-50(32-28-38-21-13-8-14-22-38)34-30-42(48)52(44(54)6-2)40-25-17-10-18-26-40/h7-26,41-42H,5-6,27-36H2,1-4H3. The Morgan fingerprint density at radius 2 is 0.879 bits per heavy atom. The van der Waals surface area contributed by atoms with Gasteiger partial charge in [0.1, 0.15) is 11.2 Å². The van der Waals surface area contributed by atoms with Crippen LogP contribution in [0.2, 0.25) is 0 Å². The molecule has 2 aliphatic heterocycles. The number of ether oxygens (including phenoxy) is 2. The van der Waals surface area contributed by atoms with Crippen LogP contribution in [0.15, 0.2) is 121 Å². The molecule has 2 heterocycles. The summed E-state index contributed by atoms with van der Waals surface area (Å²) in [6.07, 6.45) is 3.14. The van der Waals surface area contributed by atoms with Gasteiger partial charge < -0.3 is 19.3 Å². The molecule has 4 atom stereocenters. The SMILES string of the molecule is CCC(=O)N(c1ccccc1)C1CCN(CCc2ccccc2)CC1(C)OC(=O)C(=O)OC1(C)CN(CCc2ccccc2)CCC1N(C(=O)CC)c1ccccc1. The van der Waals surface area contributed by atoms with Crippen LogP contribution in [-0.4, -0.2) is 96.1 Å². The van der Waals surface area contributed by atoms with Crippen LogP contribution in [-0.2, 0) is 41.5 Å². The molecule has 4 aromatic rings. The van der Waals surface area contributed by atoms with E-state index >= 15 is 0 Å². The van der Waals surface area contributed by atoms with E-state index in [4.69, 9.17) is 9.47 Å². The molecule has 2 amide bonds. The number of likely N-dealkylation sites (tertiary alicyclic amines) is 2. The van der Waals surface area contributed by atoms with Crippen LogP contribution in [0.5, 0.6) is 0 Å². The third kappa shape index (κ3) is 10.2. The normalized spacial score (nSPS) is 22.4. The van der Waals surface area contributed by atoms with Crippen molar-refractivity contribution in [2.24, 2.45) is 0 Å². The summed E-state index contributed by atoms with van der Waals surface area (Å²) < 4.78 is 12.7. The lowest BCUT2D eigenvalue weighted by atomic mass is 9.86. The highest BCUT2D eigenvalue weighted by Crippen LogP contribution is 2.36. The fourth-order valence-electron chi connectivity index (χ4n) is 8.75. The number of benzene rings is 4. The molecule has 2 saturated heterocycles. The summed E-state index contributed by atoms with van der Waals surface area (Å²) in [4.78, 5) is 64.0. The molecule has 4 unspecified atom stereocenters. The Labute approximate surface area is 343 Å². The Morgan fingerprint density at radius 3 is 1.21 bits per heavy atom. The van der Waals surface area contributed by atoms with Gasteiger partial charge in [-0.1, -0.05) is 111 Å². The maximum absolute atomic E-state index is 14.3. The van der Waals surface area contributed by atoms with Crippen LogP contribution >= 0.6 is 0 Å². The first-order valence-electron chi connectivity index (χ1n) is 20.8. The molecule has 10 nitrogen and oxygen atoms in total. The van der Waals surface area contributed by atoms with E-state index in [9.17, 15) is 19.2 Å². The zero-order valence-corrected chi connectivity index (χ0v) is 34.4. The molecule has 0 radical (unpaired) electrons. The maximum Gasteiger partial charge on any atom is 0.418 e. The number of anilines is 2. The Bertz CT molecular complexity index is 1820. The number of hydrogen-bond acceptors (Lipinski definition) is 8. The van der Waals surface area contributed by atoms with Crippen molar-refractivity contribution in [1.29, 1.82) is 0 Å². The fraction of sp³-hybridized carbons (Fsp3) is 0.417. The maximum atomic E-state index is 14.3. The highest BCUT2D eigenvalue weighted by Gasteiger charge is 2.51. The molecule has 0 saturated carbocycles. The summed E-state index contributed by atoms with van der Waals surface area (Å²) in [5.41, 5.74) is 1.26. The van der Waals surface area contributed by atoms with Crippen LogP contribution in [0.1, 0.15) is 64.5 Å². The molecule has 58 heavy (non-hydrogen) atoms. The van der Waals surface area contributed by atoms with Crippen molar-refractivity contribution in [2.45, 2.75) is 89.5 Å². The number of nitrogens with zero attached hydrogens (tertiary/aromatic N) is 4. The molecular weight excluding hydrogens is 729 g/mol. The van der Waals surface area contributed by atoms with Gasteiger partial charge in [0.25, 0.3) is 0 Å². The van der Waals surface area contributed by atoms with E-state index in [0.29, 0.717) is 63.5 Å². The number of rotatable bonds is 14. The zero-order chi connectivity index (χ0) is 41.1. The lowest BCUT2D eigenvalue weighted by Crippen LogP contribution is -2.66. The quantitative estimate of drug-likeness (QED) is 0.0986. The van der Waals surface area contributed by atoms with Crippen molar-refractivity contribution < 1.29 is 28.7 Å². The van der Waals surface area contributed by atoms with E-state index in [1.54, 1.807) is 9.80 Å². The van der Waals surface area contributed by atoms with Gasteiger partial charge in [-0.15, -0.1) is 0 Å². The smallest absolute Gasteiger partial charge is 0.418 e. The van der Waals surface area contributed by atoms with E-state index in [0.717, 1.165) is 12.8 Å². The molecule has 4 aromatic carbocycles. The average Bonchev–Trinajstić information content (AvgIpc) is 3.25. The van der Waals surface area contributed by atoms with Crippen LogP contribution in [0, 0.1) is 0 Å². The van der Waals surface area contributed by atoms with Crippen LogP contribution in [0.3, 0.4) is 0 Å². The Morgan fingerprint density at radius 1 is 0.552 bits per heavy atom. The molecule has 6 rings (SSSR count). The Hall–Kier alpha value is -5.32. The van der Waals surface area contributed by atoms with Gasteiger partial charge >= 0.3 is 11.9 Å². The summed E-state index contributed by atoms with van der Waals surface area (Å²) >= 11 is 0. The topological polar surface area (TPSA) is 99.7 Å². The van der Waals surface area contributed by atoms with Gasteiger partial charge in [-0.3, -0.25) is 19.4 Å². The van der Waals surface area contributed by atoms with E-state index in [1.165, 1.54) is 11.1 Å². The number of carbonyl (C=O) groups is 4. The first-order valence-corrected chi connectivity index (χ1v) is 20.8. The number of hydrogen-bond donors (Lipinski definition) is 0. The van der Waals surface area contributed by atoms with Crippen molar-refractivity contribution in [1.82, 2.24) is 9.80 Å². The van der Waals surface area contributed by atoms with Crippen molar-refractivity contribution in [3.63, 3.8) is 0 Å². The summed E-state index contributed by atoms with van der Waals surface area (Å²) in [6, 6.07) is 38.2. The largest absolute Gasteiger partial charge is 0.447 e. The lowest BCUT2D eigenvalue weighted by molar-refractivity contribution is -0.192. The van der Waals surface area contributed by atoms with Gasteiger partial charge in [-0.2, -0.15) is 0 Å². The molecule has 0 bridgehead atoms. The van der Waals surface area contributed by atoms with E-state index < -0.39 is 35.2 Å². The third-order valence-electron chi connectivity index (χ3n) is 11.7. The van der Waals surface area contributed by atoms with Gasteiger partial charge in [0, 0.05) is 63.5 Å². The highest BCUT2D eigenvalue weighted by atomic mass is 16.6. The first-order chi connectivity index (χ1) is 28.0. The molecule has 0 aliphatic carbocycles. The minimum absolute atomic E-state index is 0.103. The molecule has 306 valence electrons. The second-order valence-corrected chi connectivity index (χ2v) is 15.9. The van der Waals surface area contributed by atoms with Crippen molar-refractivity contribution in [2.75, 3.05) is 49.1 Å². The highest BCUT2D eigenvalue weighted by molar-refractivity contribution is 6.30. The molecule has 10 heteroatoms. The van der Waals surface area contributed by atoms with Crippen molar-refractivity contribution >= 4 is 35.1 Å². The molecule has 0 aromatic heterocycles. The summed E-state index contributed by atoms with van der Waals surface area (Å²) in [5, 5.41) is 0. The van der Waals surface area contributed by atoms with Crippen molar-refractivity contribution in [3.05, 3.63) is 132 Å². The summed E-state index contributed by atoms with van der Waals surface area (Å²) in [7, 11) is 0. The van der Waals surface area contributed by atoms with E-state index in [2.05, 4.69) is 34.1 Å². The van der Waals surface area contributed by atoms with Crippen molar-refractivity contribution in [3.8, 4) is 0 Å². The fourth-order valence-corrected chi connectivity index (χ4v) is 8.75. The summed E-state index contributed by atoms with van der Waals surface area (Å²) in [6.45, 7) is 10.7. The number of piperidine rings is 2.